The molecule has 0 spiro atoms. The van der Waals surface area contributed by atoms with Crippen molar-refractivity contribution in [2.45, 2.75) is 46.3 Å². The van der Waals surface area contributed by atoms with Gasteiger partial charge in [0.1, 0.15) is 0 Å². The normalized spacial score (nSPS) is 11.5. The molecule has 0 aliphatic rings. The summed E-state index contributed by atoms with van der Waals surface area (Å²) in [6.07, 6.45) is 0. The fraction of sp³-hybridized carbons (Fsp3) is 0.500. The molecule has 0 aliphatic heterocycles. The van der Waals surface area contributed by atoms with Gasteiger partial charge in [0, 0.05) is 31.4 Å². The Balaban J connectivity index is 2.49. The summed E-state index contributed by atoms with van der Waals surface area (Å²) in [5.41, 5.74) is 1.88. The van der Waals surface area contributed by atoms with Crippen LogP contribution in [0, 0.1) is 0 Å². The van der Waals surface area contributed by atoms with Crippen LogP contribution in [0.1, 0.15) is 33.3 Å². The molecular formula is C16H27N5O. The molecule has 122 valence electrons. The lowest BCUT2D eigenvalue weighted by atomic mass is 10.2. The molecule has 0 saturated carbocycles. The maximum absolute atomic E-state index is 11.6. The topological polar surface area (TPSA) is 77.5 Å². The van der Waals surface area contributed by atoms with Crippen molar-refractivity contribution in [2.75, 3.05) is 12.4 Å². The Kier molecular flexibility index (Phi) is 7.22. The maximum Gasteiger partial charge on any atom is 0.319 e. The molecule has 0 aliphatic carbocycles. The summed E-state index contributed by atoms with van der Waals surface area (Å²) in [6, 6.07) is 7.97. The lowest BCUT2D eigenvalue weighted by molar-refractivity contribution is 0.250. The maximum atomic E-state index is 11.6. The van der Waals surface area contributed by atoms with Crippen molar-refractivity contribution >= 4 is 17.7 Å². The zero-order valence-corrected chi connectivity index (χ0v) is 14.0. The molecule has 1 aromatic carbocycles. The first kappa shape index (κ1) is 17.8. The van der Waals surface area contributed by atoms with Crippen LogP contribution < -0.4 is 21.3 Å². The summed E-state index contributed by atoms with van der Waals surface area (Å²) in [5.74, 6) is 0.772. The Morgan fingerprint density at radius 3 is 2.14 bits per heavy atom. The van der Waals surface area contributed by atoms with E-state index in [0.717, 1.165) is 17.2 Å². The molecule has 1 rings (SSSR count). The van der Waals surface area contributed by atoms with Crippen LogP contribution in [0.15, 0.2) is 29.3 Å². The van der Waals surface area contributed by atoms with E-state index in [1.807, 2.05) is 38.1 Å². The molecule has 4 N–H and O–H groups in total. The molecular weight excluding hydrogens is 278 g/mol. The lowest BCUT2D eigenvalue weighted by Gasteiger charge is -2.14. The van der Waals surface area contributed by atoms with Gasteiger partial charge >= 0.3 is 6.03 Å². The van der Waals surface area contributed by atoms with Gasteiger partial charge in [-0.1, -0.05) is 12.1 Å². The number of amides is 2. The predicted octanol–water partition coefficient (Wildman–Crippen LogP) is 2.29. The quantitative estimate of drug-likeness (QED) is 0.498. The number of nitrogens with zero attached hydrogens (tertiary/aromatic N) is 1. The van der Waals surface area contributed by atoms with E-state index in [1.54, 1.807) is 7.05 Å². The van der Waals surface area contributed by atoms with Gasteiger partial charge in [-0.3, -0.25) is 4.99 Å². The Morgan fingerprint density at radius 1 is 1.05 bits per heavy atom. The number of hydrogen-bond acceptors (Lipinski definition) is 2. The minimum atomic E-state index is -0.192. The highest BCUT2D eigenvalue weighted by molar-refractivity contribution is 5.89. The van der Waals surface area contributed by atoms with Crippen LogP contribution in [-0.2, 0) is 6.54 Å². The molecule has 2 amide bonds. The van der Waals surface area contributed by atoms with E-state index in [9.17, 15) is 4.79 Å². The van der Waals surface area contributed by atoms with Gasteiger partial charge in [0.25, 0.3) is 0 Å². The van der Waals surface area contributed by atoms with Crippen LogP contribution in [0.5, 0.6) is 0 Å². The number of anilines is 1. The SMILES string of the molecule is CN=C(NCc1ccc(NC(=O)NC(C)C)cc1)NC(C)C. The minimum Gasteiger partial charge on any atom is -0.354 e. The van der Waals surface area contributed by atoms with E-state index in [1.165, 1.54) is 0 Å². The standard InChI is InChI=1S/C16H27N5O/c1-11(2)19-15(17-5)18-10-13-6-8-14(9-7-13)21-16(22)20-12(3)4/h6-9,11-12H,10H2,1-5H3,(H2,17,18,19)(H2,20,21,22). The van der Waals surface area contributed by atoms with Gasteiger partial charge in [-0.15, -0.1) is 0 Å². The van der Waals surface area contributed by atoms with Gasteiger partial charge in [-0.25, -0.2) is 4.79 Å². The first-order valence-corrected chi connectivity index (χ1v) is 7.54. The largest absolute Gasteiger partial charge is 0.354 e. The summed E-state index contributed by atoms with van der Waals surface area (Å²) >= 11 is 0. The van der Waals surface area contributed by atoms with Crippen LogP contribution in [0.4, 0.5) is 10.5 Å². The lowest BCUT2D eigenvalue weighted by Crippen LogP contribution is -2.40. The molecule has 6 heteroatoms. The first-order valence-electron chi connectivity index (χ1n) is 7.54. The third-order valence-corrected chi connectivity index (χ3v) is 2.74. The highest BCUT2D eigenvalue weighted by Crippen LogP contribution is 2.09. The summed E-state index contributed by atoms with van der Waals surface area (Å²) in [4.78, 5) is 15.8. The number of carbonyl (C=O) groups is 1. The predicted molar refractivity (Wildman–Crippen MR) is 92.2 cm³/mol. The van der Waals surface area contributed by atoms with E-state index in [0.29, 0.717) is 12.6 Å². The number of urea groups is 1. The summed E-state index contributed by atoms with van der Waals surface area (Å²) in [6.45, 7) is 8.65. The summed E-state index contributed by atoms with van der Waals surface area (Å²) in [5, 5.41) is 12.1. The number of aliphatic imine (C=N–C) groups is 1. The van der Waals surface area contributed by atoms with Crippen molar-refractivity contribution in [3.05, 3.63) is 29.8 Å². The molecule has 6 nitrogen and oxygen atoms in total. The minimum absolute atomic E-state index is 0.115. The Labute approximate surface area is 132 Å². The second-order valence-electron chi connectivity index (χ2n) is 5.67. The summed E-state index contributed by atoms with van der Waals surface area (Å²) in [7, 11) is 1.75. The van der Waals surface area contributed by atoms with Gasteiger partial charge < -0.3 is 21.3 Å². The van der Waals surface area contributed by atoms with Crippen molar-refractivity contribution in [1.29, 1.82) is 0 Å². The van der Waals surface area contributed by atoms with Crippen molar-refractivity contribution in [2.24, 2.45) is 4.99 Å². The van der Waals surface area contributed by atoms with Gasteiger partial charge in [0.05, 0.1) is 0 Å². The van der Waals surface area contributed by atoms with E-state index in [-0.39, 0.29) is 12.1 Å². The second-order valence-corrected chi connectivity index (χ2v) is 5.67. The summed E-state index contributed by atoms with van der Waals surface area (Å²) < 4.78 is 0. The van der Waals surface area contributed by atoms with Crippen LogP contribution in [0.25, 0.3) is 0 Å². The number of carbonyl (C=O) groups excluding carboxylic acids is 1. The monoisotopic (exact) mass is 305 g/mol. The van der Waals surface area contributed by atoms with E-state index >= 15 is 0 Å². The third-order valence-electron chi connectivity index (χ3n) is 2.74. The fourth-order valence-electron chi connectivity index (χ4n) is 1.79. The van der Waals surface area contributed by atoms with Crippen molar-refractivity contribution < 1.29 is 4.79 Å². The van der Waals surface area contributed by atoms with E-state index in [4.69, 9.17) is 0 Å². The molecule has 0 heterocycles. The molecule has 0 atom stereocenters. The first-order chi connectivity index (χ1) is 10.4. The molecule has 0 fully saturated rings. The van der Waals surface area contributed by atoms with Crippen molar-refractivity contribution in [1.82, 2.24) is 16.0 Å². The fourth-order valence-corrected chi connectivity index (χ4v) is 1.79. The van der Waals surface area contributed by atoms with Crippen LogP contribution in [0.3, 0.4) is 0 Å². The van der Waals surface area contributed by atoms with E-state index in [2.05, 4.69) is 40.1 Å². The average molecular weight is 305 g/mol. The Hall–Kier alpha value is -2.24. The second kappa shape index (κ2) is 8.92. The Morgan fingerprint density at radius 2 is 1.64 bits per heavy atom. The van der Waals surface area contributed by atoms with Crippen LogP contribution in [-0.4, -0.2) is 31.1 Å². The molecule has 22 heavy (non-hydrogen) atoms. The highest BCUT2D eigenvalue weighted by Gasteiger charge is 2.04. The zero-order valence-electron chi connectivity index (χ0n) is 14.0. The molecule has 1 aromatic rings. The number of guanidine groups is 1. The smallest absolute Gasteiger partial charge is 0.319 e. The van der Waals surface area contributed by atoms with Gasteiger partial charge in [0.15, 0.2) is 5.96 Å². The number of rotatable bonds is 5. The zero-order chi connectivity index (χ0) is 16.5. The number of nitrogens with one attached hydrogen (secondary N) is 4. The number of hydrogen-bond donors (Lipinski definition) is 4. The van der Waals surface area contributed by atoms with E-state index < -0.39 is 0 Å². The van der Waals surface area contributed by atoms with Gasteiger partial charge in [-0.2, -0.15) is 0 Å². The number of benzene rings is 1. The molecule has 0 bridgehead atoms. The molecule has 0 aromatic heterocycles. The third kappa shape index (κ3) is 6.97. The molecule has 0 unspecified atom stereocenters. The van der Waals surface area contributed by atoms with Crippen molar-refractivity contribution in [3.8, 4) is 0 Å². The average Bonchev–Trinajstić information content (AvgIpc) is 2.43. The highest BCUT2D eigenvalue weighted by atomic mass is 16.2. The van der Waals surface area contributed by atoms with Crippen molar-refractivity contribution in [3.63, 3.8) is 0 Å². The van der Waals surface area contributed by atoms with Crippen LogP contribution >= 0.6 is 0 Å². The Bertz CT molecular complexity index is 494. The molecule has 0 saturated heterocycles. The molecule has 0 radical (unpaired) electrons. The van der Waals surface area contributed by atoms with Gasteiger partial charge in [0.2, 0.25) is 0 Å². The van der Waals surface area contributed by atoms with Gasteiger partial charge in [-0.05, 0) is 45.4 Å². The van der Waals surface area contributed by atoms with Crippen LogP contribution in [0.2, 0.25) is 0 Å².